The molecule has 0 aromatic heterocycles. The molecule has 5 nitrogen and oxygen atoms in total. The minimum absolute atomic E-state index is 0.248. The van der Waals surface area contributed by atoms with Crippen LogP contribution in [-0.2, 0) is 4.79 Å². The van der Waals surface area contributed by atoms with E-state index in [4.69, 9.17) is 5.73 Å². The molecule has 1 saturated heterocycles. The first-order valence-electron chi connectivity index (χ1n) is 6.29. The van der Waals surface area contributed by atoms with E-state index in [-0.39, 0.29) is 5.91 Å². The van der Waals surface area contributed by atoms with Gasteiger partial charge in [-0.2, -0.15) is 0 Å². The molecule has 0 spiro atoms. The van der Waals surface area contributed by atoms with Crippen molar-refractivity contribution in [3.8, 4) is 0 Å². The van der Waals surface area contributed by atoms with E-state index >= 15 is 0 Å². The molecule has 5 heteroatoms. The minimum atomic E-state index is 0.248. The van der Waals surface area contributed by atoms with Gasteiger partial charge in [0.25, 0.3) is 0 Å². The van der Waals surface area contributed by atoms with E-state index in [1.54, 1.807) is 0 Å². The molecule has 4 N–H and O–H groups in total. The number of hydrogen-bond donors (Lipinski definition) is 3. The fourth-order valence-corrected chi connectivity index (χ4v) is 1.92. The summed E-state index contributed by atoms with van der Waals surface area (Å²) < 4.78 is 0. The maximum atomic E-state index is 11.6. The Hall–Kier alpha value is -0.910. The highest BCUT2D eigenvalue weighted by Crippen LogP contribution is 2.17. The molecule has 0 aromatic rings. The van der Waals surface area contributed by atoms with Crippen LogP contribution in [0.3, 0.4) is 0 Å². The third-order valence-electron chi connectivity index (χ3n) is 2.94. The number of amides is 1. The molecular formula is C12H24N4O. The molecule has 1 unspecified atom stereocenters. The van der Waals surface area contributed by atoms with Crippen LogP contribution in [0.25, 0.3) is 0 Å². The summed E-state index contributed by atoms with van der Waals surface area (Å²) in [4.78, 5) is 13.5. The van der Waals surface area contributed by atoms with Gasteiger partial charge in [0.05, 0.1) is 0 Å². The molecule has 1 aliphatic rings. The summed E-state index contributed by atoms with van der Waals surface area (Å²) in [6.07, 6.45) is 2.50. The van der Waals surface area contributed by atoms with E-state index in [0.29, 0.717) is 18.9 Å². The predicted molar refractivity (Wildman–Crippen MR) is 69.7 cm³/mol. The summed E-state index contributed by atoms with van der Waals surface area (Å²) in [6, 6.07) is 0. The highest BCUT2D eigenvalue weighted by atomic mass is 16.2. The van der Waals surface area contributed by atoms with Gasteiger partial charge in [-0.3, -0.25) is 4.79 Å². The van der Waals surface area contributed by atoms with Gasteiger partial charge >= 0.3 is 0 Å². The molecule has 1 aliphatic heterocycles. The van der Waals surface area contributed by atoms with Crippen molar-refractivity contribution in [1.82, 2.24) is 15.5 Å². The fraction of sp³-hybridized carbons (Fsp3) is 0.750. The lowest BCUT2D eigenvalue weighted by Gasteiger charge is -2.16. The predicted octanol–water partition coefficient (Wildman–Crippen LogP) is -0.841. The summed E-state index contributed by atoms with van der Waals surface area (Å²) in [5.74, 6) is 0.590. The van der Waals surface area contributed by atoms with Gasteiger partial charge in [0, 0.05) is 58.2 Å². The number of hydrogen-bond acceptors (Lipinski definition) is 4. The Balaban J connectivity index is 1.99. The van der Waals surface area contributed by atoms with Crippen molar-refractivity contribution in [2.45, 2.75) is 6.42 Å². The van der Waals surface area contributed by atoms with Crippen LogP contribution in [0.2, 0.25) is 0 Å². The van der Waals surface area contributed by atoms with Crippen molar-refractivity contribution < 1.29 is 4.79 Å². The van der Waals surface area contributed by atoms with Crippen LogP contribution in [0, 0.1) is 5.92 Å². The van der Waals surface area contributed by atoms with Crippen molar-refractivity contribution in [3.05, 3.63) is 12.7 Å². The molecule has 0 saturated carbocycles. The van der Waals surface area contributed by atoms with Crippen LogP contribution in [0.15, 0.2) is 12.7 Å². The Morgan fingerprint density at radius 3 is 2.65 bits per heavy atom. The number of nitrogens with one attached hydrogen (secondary N) is 2. The summed E-state index contributed by atoms with van der Waals surface area (Å²) >= 11 is 0. The number of carbonyl (C=O) groups is 1. The molecule has 98 valence electrons. The molecular weight excluding hydrogens is 216 g/mol. The molecule has 1 rings (SSSR count). The maximum absolute atomic E-state index is 11.6. The van der Waals surface area contributed by atoms with Crippen LogP contribution in [0.4, 0.5) is 0 Å². The monoisotopic (exact) mass is 240 g/mol. The van der Waals surface area contributed by atoms with E-state index < -0.39 is 0 Å². The van der Waals surface area contributed by atoms with Crippen LogP contribution >= 0.6 is 0 Å². The van der Waals surface area contributed by atoms with Gasteiger partial charge < -0.3 is 21.3 Å². The summed E-state index contributed by atoms with van der Waals surface area (Å²) in [6.45, 7) is 9.56. The molecule has 0 aromatic carbocycles. The molecule has 1 fully saturated rings. The Morgan fingerprint density at radius 2 is 2.06 bits per heavy atom. The van der Waals surface area contributed by atoms with E-state index in [2.05, 4.69) is 17.2 Å². The van der Waals surface area contributed by atoms with Crippen molar-refractivity contribution in [1.29, 1.82) is 0 Å². The van der Waals surface area contributed by atoms with Crippen LogP contribution in [0.1, 0.15) is 6.42 Å². The van der Waals surface area contributed by atoms with Gasteiger partial charge in [0.15, 0.2) is 0 Å². The van der Waals surface area contributed by atoms with Crippen molar-refractivity contribution >= 4 is 5.91 Å². The molecule has 1 atom stereocenters. The zero-order chi connectivity index (χ0) is 12.5. The lowest BCUT2D eigenvalue weighted by atomic mass is 10.1. The lowest BCUT2D eigenvalue weighted by Crippen LogP contribution is -2.36. The van der Waals surface area contributed by atoms with Gasteiger partial charge in [-0.15, -0.1) is 6.58 Å². The third-order valence-corrected chi connectivity index (χ3v) is 2.94. The first-order chi connectivity index (χ1) is 8.27. The smallest absolute Gasteiger partial charge is 0.223 e. The zero-order valence-electron chi connectivity index (χ0n) is 10.5. The number of nitrogens with two attached hydrogens (primary N) is 1. The van der Waals surface area contributed by atoms with Gasteiger partial charge in [-0.05, 0) is 0 Å². The third kappa shape index (κ3) is 5.30. The molecule has 1 amide bonds. The maximum Gasteiger partial charge on any atom is 0.223 e. The second-order valence-corrected chi connectivity index (χ2v) is 4.33. The van der Waals surface area contributed by atoms with Crippen LogP contribution in [-0.4, -0.2) is 56.6 Å². The standard InChI is InChI=1S/C12H24N4O/c1-2-11-9-12(17)16(10-11)8-7-15-6-5-14-4-3-13/h2,11,14-15H,1,3-10,13H2. The molecule has 17 heavy (non-hydrogen) atoms. The van der Waals surface area contributed by atoms with E-state index in [1.807, 2.05) is 11.0 Å². The first-order valence-corrected chi connectivity index (χ1v) is 6.29. The van der Waals surface area contributed by atoms with Crippen LogP contribution in [0.5, 0.6) is 0 Å². The Morgan fingerprint density at radius 1 is 1.35 bits per heavy atom. The number of likely N-dealkylation sites (tertiary alicyclic amines) is 1. The van der Waals surface area contributed by atoms with E-state index in [0.717, 1.165) is 39.3 Å². The lowest BCUT2D eigenvalue weighted by molar-refractivity contribution is -0.127. The summed E-state index contributed by atoms with van der Waals surface area (Å²) in [5.41, 5.74) is 5.36. The summed E-state index contributed by atoms with van der Waals surface area (Å²) in [5, 5.41) is 6.51. The first kappa shape index (κ1) is 14.2. The number of rotatable bonds is 9. The second-order valence-electron chi connectivity index (χ2n) is 4.33. The average molecular weight is 240 g/mol. The topological polar surface area (TPSA) is 70.4 Å². The van der Waals surface area contributed by atoms with Crippen molar-refractivity contribution in [2.75, 3.05) is 45.8 Å². The minimum Gasteiger partial charge on any atom is -0.341 e. The van der Waals surface area contributed by atoms with Gasteiger partial charge in [-0.1, -0.05) is 6.08 Å². The van der Waals surface area contributed by atoms with Crippen LogP contribution < -0.4 is 16.4 Å². The van der Waals surface area contributed by atoms with Gasteiger partial charge in [-0.25, -0.2) is 0 Å². The highest BCUT2D eigenvalue weighted by molar-refractivity contribution is 5.78. The Kier molecular flexibility index (Phi) is 6.84. The Labute approximate surface area is 103 Å². The normalized spacial score (nSPS) is 19.9. The average Bonchev–Trinajstić information content (AvgIpc) is 2.69. The van der Waals surface area contributed by atoms with E-state index in [9.17, 15) is 4.79 Å². The van der Waals surface area contributed by atoms with Crippen molar-refractivity contribution in [2.24, 2.45) is 11.7 Å². The zero-order valence-corrected chi connectivity index (χ0v) is 10.5. The van der Waals surface area contributed by atoms with Gasteiger partial charge in [0.1, 0.15) is 0 Å². The van der Waals surface area contributed by atoms with Gasteiger partial charge in [0.2, 0.25) is 5.91 Å². The largest absolute Gasteiger partial charge is 0.341 e. The SMILES string of the molecule is C=CC1CC(=O)N(CCNCCNCCN)C1. The number of nitrogens with zero attached hydrogens (tertiary/aromatic N) is 1. The molecule has 1 heterocycles. The Bertz CT molecular complexity index is 245. The van der Waals surface area contributed by atoms with E-state index in [1.165, 1.54) is 0 Å². The number of carbonyl (C=O) groups excluding carboxylic acids is 1. The van der Waals surface area contributed by atoms with Crippen molar-refractivity contribution in [3.63, 3.8) is 0 Å². The molecule has 0 radical (unpaired) electrons. The summed E-state index contributed by atoms with van der Waals surface area (Å²) in [7, 11) is 0. The molecule has 0 aliphatic carbocycles. The fourth-order valence-electron chi connectivity index (χ4n) is 1.92. The molecule has 0 bridgehead atoms. The highest BCUT2D eigenvalue weighted by Gasteiger charge is 2.26. The second kappa shape index (κ2) is 8.22. The quantitative estimate of drug-likeness (QED) is 0.363.